The summed E-state index contributed by atoms with van der Waals surface area (Å²) in [6, 6.07) is 14.7. The van der Waals surface area contributed by atoms with Crippen molar-refractivity contribution < 1.29 is 23.8 Å². The summed E-state index contributed by atoms with van der Waals surface area (Å²) in [5.41, 5.74) is 0.345. The van der Waals surface area contributed by atoms with Gasteiger partial charge in [-0.15, -0.1) is 0 Å². The SMILES string of the molecule is COC(=O)/C(C#N)=C/c1cccc(OC(=O)COc2ccc(Cl)cc2)c1. The van der Waals surface area contributed by atoms with Crippen LogP contribution in [0.2, 0.25) is 5.02 Å². The Labute approximate surface area is 155 Å². The monoisotopic (exact) mass is 371 g/mol. The Hall–Kier alpha value is -3.30. The number of rotatable bonds is 6. The van der Waals surface area contributed by atoms with Gasteiger partial charge in [-0.25, -0.2) is 9.59 Å². The Kier molecular flexibility index (Phi) is 6.77. The van der Waals surface area contributed by atoms with Crippen LogP contribution in [0.15, 0.2) is 54.1 Å². The molecular weight excluding hydrogens is 358 g/mol. The maximum Gasteiger partial charge on any atom is 0.349 e. The first kappa shape index (κ1) is 19.0. The fraction of sp³-hybridized carbons (Fsp3) is 0.105. The van der Waals surface area contributed by atoms with E-state index in [2.05, 4.69) is 4.74 Å². The van der Waals surface area contributed by atoms with E-state index >= 15 is 0 Å². The zero-order valence-electron chi connectivity index (χ0n) is 13.8. The van der Waals surface area contributed by atoms with Gasteiger partial charge in [-0.3, -0.25) is 0 Å². The summed E-state index contributed by atoms with van der Waals surface area (Å²) in [5, 5.41) is 9.53. The van der Waals surface area contributed by atoms with E-state index in [0.29, 0.717) is 16.3 Å². The van der Waals surface area contributed by atoms with Crippen LogP contribution in [-0.2, 0) is 14.3 Å². The summed E-state index contributed by atoms with van der Waals surface area (Å²) in [7, 11) is 1.19. The lowest BCUT2D eigenvalue weighted by atomic mass is 10.1. The van der Waals surface area contributed by atoms with E-state index in [1.165, 1.54) is 19.3 Å². The van der Waals surface area contributed by atoms with Gasteiger partial charge in [-0.05, 0) is 48.0 Å². The lowest BCUT2D eigenvalue weighted by Crippen LogP contribution is -2.17. The molecule has 0 N–H and O–H groups in total. The predicted octanol–water partition coefficient (Wildman–Crippen LogP) is 3.40. The van der Waals surface area contributed by atoms with Crippen molar-refractivity contribution in [1.82, 2.24) is 0 Å². The maximum atomic E-state index is 11.9. The molecule has 7 heteroatoms. The molecule has 0 aliphatic carbocycles. The molecule has 0 amide bonds. The van der Waals surface area contributed by atoms with Crippen molar-refractivity contribution in [3.63, 3.8) is 0 Å². The highest BCUT2D eigenvalue weighted by molar-refractivity contribution is 6.30. The molecule has 0 spiro atoms. The van der Waals surface area contributed by atoms with Gasteiger partial charge in [0.25, 0.3) is 0 Å². The Morgan fingerprint density at radius 2 is 1.88 bits per heavy atom. The van der Waals surface area contributed by atoms with E-state index in [9.17, 15) is 9.59 Å². The van der Waals surface area contributed by atoms with E-state index < -0.39 is 11.9 Å². The number of hydrogen-bond donors (Lipinski definition) is 0. The average Bonchev–Trinajstić information content (AvgIpc) is 2.65. The van der Waals surface area contributed by atoms with Crippen molar-refractivity contribution in [2.75, 3.05) is 13.7 Å². The standard InChI is InChI=1S/C19H14ClNO5/c1-24-19(23)14(11-21)9-13-3-2-4-17(10-13)26-18(22)12-25-16-7-5-15(20)6-8-16/h2-10H,12H2,1H3/b14-9+. The van der Waals surface area contributed by atoms with Gasteiger partial charge in [0, 0.05) is 5.02 Å². The molecule has 6 nitrogen and oxygen atoms in total. The third-order valence-electron chi connectivity index (χ3n) is 3.10. The fourth-order valence-electron chi connectivity index (χ4n) is 1.92. The number of methoxy groups -OCH3 is 1. The molecule has 2 rings (SSSR count). The number of nitrogens with zero attached hydrogens (tertiary/aromatic N) is 1. The summed E-state index contributed by atoms with van der Waals surface area (Å²) in [6.07, 6.45) is 1.34. The molecule has 0 aromatic heterocycles. The predicted molar refractivity (Wildman–Crippen MR) is 94.6 cm³/mol. The molecule has 0 fully saturated rings. The highest BCUT2D eigenvalue weighted by Crippen LogP contribution is 2.18. The maximum absolute atomic E-state index is 11.9. The van der Waals surface area contributed by atoms with E-state index in [0.717, 1.165) is 0 Å². The van der Waals surface area contributed by atoms with E-state index in [-0.39, 0.29) is 17.9 Å². The molecule has 0 atom stereocenters. The number of carbonyl (C=O) groups is 2. The van der Waals surface area contributed by atoms with Gasteiger partial charge >= 0.3 is 11.9 Å². The second-order valence-electron chi connectivity index (χ2n) is 4.95. The van der Waals surface area contributed by atoms with Gasteiger partial charge in [0.05, 0.1) is 7.11 Å². The van der Waals surface area contributed by atoms with Crippen molar-refractivity contribution in [2.45, 2.75) is 0 Å². The second-order valence-corrected chi connectivity index (χ2v) is 5.39. The molecule has 0 heterocycles. The van der Waals surface area contributed by atoms with Crippen LogP contribution in [-0.4, -0.2) is 25.7 Å². The average molecular weight is 372 g/mol. The lowest BCUT2D eigenvalue weighted by molar-refractivity contribution is -0.137. The quantitative estimate of drug-likeness (QED) is 0.335. The Balaban J connectivity index is 2.00. The molecule has 0 aliphatic heterocycles. The highest BCUT2D eigenvalue weighted by atomic mass is 35.5. The van der Waals surface area contributed by atoms with E-state index in [1.807, 2.05) is 0 Å². The van der Waals surface area contributed by atoms with Gasteiger partial charge < -0.3 is 14.2 Å². The molecule has 0 saturated carbocycles. The summed E-state index contributed by atoms with van der Waals surface area (Å²) in [6.45, 7) is -0.284. The molecule has 0 saturated heterocycles. The second kappa shape index (κ2) is 9.25. The number of halogens is 1. The number of benzene rings is 2. The largest absolute Gasteiger partial charge is 0.482 e. The molecule has 0 aliphatic rings. The van der Waals surface area contributed by atoms with Crippen LogP contribution in [0, 0.1) is 11.3 Å². The normalized spacial score (nSPS) is 10.6. The lowest BCUT2D eigenvalue weighted by Gasteiger charge is -2.07. The summed E-state index contributed by atoms with van der Waals surface area (Å²) >= 11 is 5.77. The van der Waals surface area contributed by atoms with Crippen molar-refractivity contribution >= 4 is 29.6 Å². The Morgan fingerprint density at radius 1 is 1.15 bits per heavy atom. The van der Waals surface area contributed by atoms with Crippen LogP contribution in [0.25, 0.3) is 6.08 Å². The molecule has 26 heavy (non-hydrogen) atoms. The molecule has 0 unspecified atom stereocenters. The van der Waals surface area contributed by atoms with Crippen LogP contribution in [0.1, 0.15) is 5.56 Å². The Bertz CT molecular complexity index is 868. The number of ether oxygens (including phenoxy) is 3. The van der Waals surface area contributed by atoms with Crippen LogP contribution in [0.5, 0.6) is 11.5 Å². The van der Waals surface area contributed by atoms with Crippen LogP contribution in [0.4, 0.5) is 0 Å². The third kappa shape index (κ3) is 5.65. The number of nitriles is 1. The molecule has 0 radical (unpaired) electrons. The first-order valence-electron chi connectivity index (χ1n) is 7.41. The minimum Gasteiger partial charge on any atom is -0.482 e. The van der Waals surface area contributed by atoms with Crippen molar-refractivity contribution in [3.8, 4) is 17.6 Å². The zero-order chi connectivity index (χ0) is 18.9. The molecule has 132 valence electrons. The van der Waals surface area contributed by atoms with Gasteiger partial charge in [0.2, 0.25) is 0 Å². The first-order valence-corrected chi connectivity index (χ1v) is 7.79. The summed E-state index contributed by atoms with van der Waals surface area (Å²) < 4.78 is 15.0. The Morgan fingerprint density at radius 3 is 2.54 bits per heavy atom. The number of carbonyl (C=O) groups excluding carboxylic acids is 2. The topological polar surface area (TPSA) is 85.6 Å². The van der Waals surface area contributed by atoms with Crippen LogP contribution in [0.3, 0.4) is 0 Å². The fourth-order valence-corrected chi connectivity index (χ4v) is 2.04. The van der Waals surface area contributed by atoms with Crippen molar-refractivity contribution in [2.24, 2.45) is 0 Å². The van der Waals surface area contributed by atoms with Gasteiger partial charge in [0.1, 0.15) is 23.1 Å². The molecular formula is C19H14ClNO5. The smallest absolute Gasteiger partial charge is 0.349 e. The third-order valence-corrected chi connectivity index (χ3v) is 3.35. The van der Waals surface area contributed by atoms with E-state index in [1.54, 1.807) is 48.5 Å². The summed E-state index contributed by atoms with van der Waals surface area (Å²) in [4.78, 5) is 23.3. The van der Waals surface area contributed by atoms with Crippen LogP contribution >= 0.6 is 11.6 Å². The van der Waals surface area contributed by atoms with Gasteiger partial charge in [-0.1, -0.05) is 23.7 Å². The van der Waals surface area contributed by atoms with Gasteiger partial charge in [0.15, 0.2) is 6.61 Å². The number of esters is 2. The van der Waals surface area contributed by atoms with Crippen LogP contribution < -0.4 is 9.47 Å². The van der Waals surface area contributed by atoms with Gasteiger partial charge in [-0.2, -0.15) is 5.26 Å². The summed E-state index contributed by atoms with van der Waals surface area (Å²) in [5.74, 6) is -0.605. The molecule has 0 bridgehead atoms. The minimum atomic E-state index is -0.744. The molecule has 2 aromatic carbocycles. The highest BCUT2D eigenvalue weighted by Gasteiger charge is 2.10. The first-order chi connectivity index (χ1) is 12.5. The van der Waals surface area contributed by atoms with E-state index in [4.69, 9.17) is 26.3 Å². The molecule has 2 aromatic rings. The van der Waals surface area contributed by atoms with Crippen molar-refractivity contribution in [3.05, 3.63) is 64.7 Å². The minimum absolute atomic E-state index is 0.165. The number of hydrogen-bond acceptors (Lipinski definition) is 6. The zero-order valence-corrected chi connectivity index (χ0v) is 14.5. The van der Waals surface area contributed by atoms with Crippen molar-refractivity contribution in [1.29, 1.82) is 5.26 Å².